The lowest BCUT2D eigenvalue weighted by Gasteiger charge is -2.61. The molecule has 6 aliphatic heterocycles. The molecule has 17 nitrogen and oxygen atoms in total. The van der Waals surface area contributed by atoms with Crippen molar-refractivity contribution in [1.29, 1.82) is 5.26 Å². The Balaban J connectivity index is 1.16. The molecule has 6 aliphatic rings. The number of carbonyl (C=O) groups is 5. The number of likely N-dealkylation sites (N-methyl/N-ethyl adjacent to an activating group) is 1. The molecule has 0 saturated carbocycles. The lowest BCUT2D eigenvalue weighted by Crippen LogP contribution is -2.69. The molecule has 3 aromatic rings. The topological polar surface area (TPSA) is 218 Å². The lowest BCUT2D eigenvalue weighted by atomic mass is 9.71. The summed E-state index contributed by atoms with van der Waals surface area (Å²) < 4.78 is 30.1. The standard InChI is InChI=1S/C48H54N6O11S/c1-22(2)37(52-46(58)25(5)50-33(56)15-14-27-12-10-9-11-13-27)47(59)51-29-20-66-45-36-35(44-43(63-21-64-44)24(4)42(36)65-26(6)55)32(19-62-48(29)60)54-31(18-49)30-17-28-16-23(3)41(61-8)40(57)34(28)38(39(45)54)53(30)7/h9-16,22,25,29-32,37-39,45,57H,17,19-21H2,1-8H3,(H,50,56)(H,51,59)(H,52,58)/b15-14+/t25?,29-,30+,31-,32-,37?,38-,39?,45+/m0/s1. The molecule has 9 rings (SSSR count). The van der Waals surface area contributed by atoms with E-state index in [1.165, 1.54) is 38.8 Å². The van der Waals surface area contributed by atoms with Crippen molar-refractivity contribution >= 4 is 47.5 Å². The minimum absolute atomic E-state index is 0.0192. The van der Waals surface area contributed by atoms with Crippen molar-refractivity contribution in [1.82, 2.24) is 25.8 Å². The number of piperazine rings is 1. The van der Waals surface area contributed by atoms with Crippen molar-refractivity contribution < 1.29 is 52.8 Å². The number of nitrogens with zero attached hydrogens (tertiary/aromatic N) is 3. The number of methoxy groups -OCH3 is 1. The first kappa shape index (κ1) is 46.2. The van der Waals surface area contributed by atoms with Crippen molar-refractivity contribution in [2.45, 2.75) is 102 Å². The second-order valence-electron chi connectivity index (χ2n) is 17.6. The predicted octanol–water partition coefficient (Wildman–Crippen LogP) is 4.08. The number of esters is 2. The van der Waals surface area contributed by atoms with E-state index in [0.717, 1.165) is 16.7 Å². The van der Waals surface area contributed by atoms with Crippen LogP contribution in [0.15, 0.2) is 42.5 Å². The number of amides is 3. The minimum Gasteiger partial charge on any atom is -0.504 e. The molecule has 9 atom stereocenters. The van der Waals surface area contributed by atoms with Crippen molar-refractivity contribution in [3.8, 4) is 34.8 Å². The molecule has 66 heavy (non-hydrogen) atoms. The molecule has 3 amide bonds. The van der Waals surface area contributed by atoms with Gasteiger partial charge in [-0.25, -0.2) is 4.79 Å². The fraction of sp³-hybridized carbons (Fsp3) is 0.458. The summed E-state index contributed by atoms with van der Waals surface area (Å²) in [5.41, 5.74) is 4.71. The molecule has 0 spiro atoms. The highest BCUT2D eigenvalue weighted by molar-refractivity contribution is 7.99. The van der Waals surface area contributed by atoms with E-state index in [1.807, 2.05) is 50.4 Å². The zero-order valence-corrected chi connectivity index (χ0v) is 38.8. The maximum absolute atomic E-state index is 14.3. The highest BCUT2D eigenvalue weighted by Gasteiger charge is 2.61. The average Bonchev–Trinajstić information content (AvgIpc) is 3.77. The number of aryl methyl sites for hydroxylation is 1. The van der Waals surface area contributed by atoms with Crippen molar-refractivity contribution in [3.63, 3.8) is 0 Å². The molecule has 6 heterocycles. The first-order chi connectivity index (χ1) is 31.6. The third kappa shape index (κ3) is 8.17. The zero-order valence-electron chi connectivity index (χ0n) is 38.0. The molecular formula is C48H54N6O11S. The highest BCUT2D eigenvalue weighted by atomic mass is 32.2. The van der Waals surface area contributed by atoms with Gasteiger partial charge in [0.25, 0.3) is 0 Å². The molecule has 4 N–H and O–H groups in total. The highest BCUT2D eigenvalue weighted by Crippen LogP contribution is 2.64. The summed E-state index contributed by atoms with van der Waals surface area (Å²) in [6.07, 6.45) is 3.37. The van der Waals surface area contributed by atoms with Gasteiger partial charge in [-0.3, -0.25) is 29.0 Å². The van der Waals surface area contributed by atoms with Gasteiger partial charge >= 0.3 is 11.9 Å². The predicted molar refractivity (Wildman–Crippen MR) is 242 cm³/mol. The number of benzene rings is 3. The first-order valence-electron chi connectivity index (χ1n) is 21.9. The zero-order chi connectivity index (χ0) is 47.3. The summed E-state index contributed by atoms with van der Waals surface area (Å²) in [7, 11) is 3.43. The van der Waals surface area contributed by atoms with Crippen LogP contribution in [0, 0.1) is 31.1 Å². The SMILES string of the molecule is COc1c(C)cc2c(c1O)[C@H]1C3[C@@H]4SC[C@H](NC(=O)C(NC(=O)C(C)NC(=O)/C=C/c5ccccc5)C(C)C)C(=O)OC[C@@H](c5c6c(c(C)c(OC(C)=O)c54)OCO6)N3[C@@H](C#N)[C@@H](C2)N1C. The number of hydrogen-bond donors (Lipinski definition) is 4. The molecule has 4 bridgehead atoms. The Morgan fingerprint density at radius 1 is 1.00 bits per heavy atom. The molecule has 0 aromatic heterocycles. The number of phenolic OH excluding ortho intramolecular Hbond substituents is 1. The van der Waals surface area contributed by atoms with Crippen LogP contribution in [0.5, 0.6) is 28.7 Å². The molecular weight excluding hydrogens is 869 g/mol. The molecule has 0 radical (unpaired) electrons. The van der Waals surface area contributed by atoms with Gasteiger partial charge in [0.15, 0.2) is 23.0 Å². The van der Waals surface area contributed by atoms with Crippen molar-refractivity contribution in [2.24, 2.45) is 5.92 Å². The largest absolute Gasteiger partial charge is 0.504 e. The van der Waals surface area contributed by atoms with E-state index < -0.39 is 83.1 Å². The Bertz CT molecular complexity index is 2550. The number of hydrogen-bond acceptors (Lipinski definition) is 15. The number of ether oxygens (including phenoxy) is 5. The van der Waals surface area contributed by atoms with Gasteiger partial charge in [-0.05, 0) is 62.9 Å². The van der Waals surface area contributed by atoms with Crippen LogP contribution in [-0.2, 0) is 35.1 Å². The third-order valence-electron chi connectivity index (χ3n) is 13.2. The van der Waals surface area contributed by atoms with Gasteiger partial charge < -0.3 is 44.7 Å². The minimum atomic E-state index is -1.24. The van der Waals surface area contributed by atoms with Crippen LogP contribution in [0.25, 0.3) is 6.08 Å². The summed E-state index contributed by atoms with van der Waals surface area (Å²) in [5, 5.41) is 30.7. The van der Waals surface area contributed by atoms with Gasteiger partial charge in [0.05, 0.1) is 30.5 Å². The van der Waals surface area contributed by atoms with Gasteiger partial charge in [0, 0.05) is 53.1 Å². The number of nitrogens with one attached hydrogen (secondary N) is 3. The van der Waals surface area contributed by atoms with Crippen LogP contribution in [0.4, 0.5) is 0 Å². The Morgan fingerprint density at radius 2 is 1.73 bits per heavy atom. The second-order valence-corrected chi connectivity index (χ2v) is 18.8. The van der Waals surface area contributed by atoms with Crippen LogP contribution >= 0.6 is 11.8 Å². The first-order valence-corrected chi connectivity index (χ1v) is 23.0. The summed E-state index contributed by atoms with van der Waals surface area (Å²) in [6.45, 7) is 9.51. The number of phenols is 1. The van der Waals surface area contributed by atoms with Crippen LogP contribution in [0.2, 0.25) is 0 Å². The molecule has 18 heteroatoms. The lowest BCUT2D eigenvalue weighted by molar-refractivity contribution is -0.153. The summed E-state index contributed by atoms with van der Waals surface area (Å²) in [6, 6.07) is 7.24. The summed E-state index contributed by atoms with van der Waals surface area (Å²) in [4.78, 5) is 71.8. The van der Waals surface area contributed by atoms with Gasteiger partial charge in [-0.15, -0.1) is 11.8 Å². The molecule has 3 unspecified atom stereocenters. The molecule has 2 fully saturated rings. The van der Waals surface area contributed by atoms with Crippen LogP contribution < -0.4 is 34.9 Å². The monoisotopic (exact) mass is 922 g/mol. The van der Waals surface area contributed by atoms with Gasteiger partial charge in [-0.1, -0.05) is 50.2 Å². The van der Waals surface area contributed by atoms with E-state index >= 15 is 0 Å². The number of nitriles is 1. The fourth-order valence-electron chi connectivity index (χ4n) is 10.2. The van der Waals surface area contributed by atoms with E-state index in [4.69, 9.17) is 23.7 Å². The molecule has 3 aromatic carbocycles. The number of carbonyl (C=O) groups excluding carboxylic acids is 5. The van der Waals surface area contributed by atoms with Gasteiger partial charge in [0.2, 0.25) is 24.5 Å². The normalized spacial score (nSPS) is 25.0. The van der Waals surface area contributed by atoms with Crippen LogP contribution in [0.3, 0.4) is 0 Å². The van der Waals surface area contributed by atoms with Crippen LogP contribution in [-0.4, -0.2) is 114 Å². The Labute approximate surface area is 387 Å². The second kappa shape index (κ2) is 18.5. The summed E-state index contributed by atoms with van der Waals surface area (Å²) >= 11 is 1.30. The van der Waals surface area contributed by atoms with E-state index in [1.54, 1.807) is 26.8 Å². The van der Waals surface area contributed by atoms with E-state index in [0.29, 0.717) is 45.9 Å². The Kier molecular flexibility index (Phi) is 13.0. The van der Waals surface area contributed by atoms with Crippen molar-refractivity contribution in [2.75, 3.05) is 33.3 Å². The van der Waals surface area contributed by atoms with Gasteiger partial charge in [-0.2, -0.15) is 5.26 Å². The third-order valence-corrected chi connectivity index (χ3v) is 14.6. The quantitative estimate of drug-likeness (QED) is 0.128. The smallest absolute Gasteiger partial charge is 0.329 e. The number of aromatic hydroxyl groups is 1. The van der Waals surface area contributed by atoms with E-state index in [-0.39, 0.29) is 36.7 Å². The fourth-order valence-corrected chi connectivity index (χ4v) is 11.7. The number of rotatable bonds is 10. The molecule has 2 saturated heterocycles. The Morgan fingerprint density at radius 3 is 2.41 bits per heavy atom. The van der Waals surface area contributed by atoms with Gasteiger partial charge in [0.1, 0.15) is 36.5 Å². The van der Waals surface area contributed by atoms with Crippen molar-refractivity contribution in [3.05, 3.63) is 81.4 Å². The maximum Gasteiger partial charge on any atom is 0.329 e. The van der Waals surface area contributed by atoms with E-state index in [2.05, 4.69) is 31.8 Å². The maximum atomic E-state index is 14.3. The number of thioether (sulfide) groups is 1. The number of fused-ring (bicyclic) bond motifs is 10. The van der Waals surface area contributed by atoms with E-state index in [9.17, 15) is 34.3 Å². The molecule has 0 aliphatic carbocycles. The molecule has 348 valence electrons. The summed E-state index contributed by atoms with van der Waals surface area (Å²) in [5.74, 6) is -2.27. The van der Waals surface area contributed by atoms with Crippen LogP contribution in [0.1, 0.15) is 84.0 Å². The average molecular weight is 923 g/mol. The Hall–Kier alpha value is -6.29.